The molecule has 0 amide bonds. The van der Waals surface area contributed by atoms with Crippen LogP contribution in [-0.2, 0) is 0 Å². The summed E-state index contributed by atoms with van der Waals surface area (Å²) >= 11 is 0. The summed E-state index contributed by atoms with van der Waals surface area (Å²) in [4.78, 5) is 93.9. The van der Waals surface area contributed by atoms with Gasteiger partial charge in [-0.1, -0.05) is 266 Å². The number of nitrogens with zero attached hydrogens (tertiary/aromatic N) is 3. The van der Waals surface area contributed by atoms with E-state index in [2.05, 4.69) is 41.5 Å². The Kier molecular flexibility index (Phi) is 23.3. The normalized spacial score (nSPS) is 13.6. The van der Waals surface area contributed by atoms with Gasteiger partial charge >= 0.3 is 0 Å². The average molecular weight is 1160 g/mol. The SMILES string of the molecule is CCCCCCCCCCCC(CCCC)n1c(=O)c2ccc3c4ccc5c(=O)n(C(CCCC)CCCCCCCCCCC)c(=O)c6cc7c8c(=O)n(C(CCCC)CCCCCCCCCCC)c(=O)c8c8cc(c1=O)c2c3c8c7c4c56. The van der Waals surface area contributed by atoms with Gasteiger partial charge in [-0.25, -0.2) is 0 Å². The van der Waals surface area contributed by atoms with Crippen LogP contribution in [0.3, 0.4) is 0 Å². The number of aromatic nitrogens is 3. The zero-order chi connectivity index (χ0) is 60.0. The van der Waals surface area contributed by atoms with Crippen LogP contribution in [0, 0.1) is 0 Å². The molecule has 9 aromatic rings. The minimum absolute atomic E-state index is 0.276. The smallest absolute Gasteiger partial charge is 0.262 e. The number of pyridine rings is 2. The number of benzene rings is 6. The number of unbranched alkanes of at least 4 members (excludes halogenated alkanes) is 27. The highest BCUT2D eigenvalue weighted by atomic mass is 16.2. The van der Waals surface area contributed by atoms with Crippen molar-refractivity contribution in [2.45, 2.75) is 310 Å². The molecule has 6 aromatic carbocycles. The number of hydrogen-bond donors (Lipinski definition) is 0. The first-order valence-electron chi connectivity index (χ1n) is 35.3. The van der Waals surface area contributed by atoms with E-state index in [1.807, 2.05) is 36.4 Å². The van der Waals surface area contributed by atoms with Crippen LogP contribution in [0.5, 0.6) is 0 Å². The summed E-state index contributed by atoms with van der Waals surface area (Å²) in [7, 11) is 0. The number of rotatable bonds is 42. The third-order valence-electron chi connectivity index (χ3n) is 20.2. The van der Waals surface area contributed by atoms with Crippen LogP contribution in [0.25, 0.3) is 86.2 Å². The predicted molar refractivity (Wildman–Crippen MR) is 365 cm³/mol. The summed E-state index contributed by atoms with van der Waals surface area (Å²) < 4.78 is 4.68. The largest absolute Gasteiger partial charge is 0.271 e. The van der Waals surface area contributed by atoms with Crippen molar-refractivity contribution < 1.29 is 0 Å². The van der Waals surface area contributed by atoms with Crippen LogP contribution in [0.15, 0.2) is 65.2 Å². The zero-order valence-corrected chi connectivity index (χ0v) is 53.6. The van der Waals surface area contributed by atoms with Crippen molar-refractivity contribution >= 4 is 86.2 Å². The molecular formula is C76H105N3O6. The lowest BCUT2D eigenvalue weighted by Crippen LogP contribution is -2.37. The summed E-state index contributed by atoms with van der Waals surface area (Å²) in [5.41, 5.74) is -1.93. The van der Waals surface area contributed by atoms with Crippen molar-refractivity contribution in [2.24, 2.45) is 0 Å². The molecule has 3 heterocycles. The Morgan fingerprint density at radius 1 is 0.224 bits per heavy atom. The van der Waals surface area contributed by atoms with Gasteiger partial charge in [0.05, 0.1) is 10.8 Å². The van der Waals surface area contributed by atoms with Crippen molar-refractivity contribution in [3.05, 3.63) is 98.5 Å². The van der Waals surface area contributed by atoms with Gasteiger partial charge in [-0.3, -0.25) is 42.5 Å². The van der Waals surface area contributed by atoms with Crippen LogP contribution >= 0.6 is 0 Å². The molecule has 0 fully saturated rings. The maximum atomic E-state index is 15.9. The molecule has 85 heavy (non-hydrogen) atoms. The van der Waals surface area contributed by atoms with Crippen molar-refractivity contribution in [1.82, 2.24) is 13.7 Å². The molecule has 3 unspecified atom stereocenters. The first-order chi connectivity index (χ1) is 41.6. The molecule has 460 valence electrons. The van der Waals surface area contributed by atoms with Crippen LogP contribution in [0.1, 0.15) is 310 Å². The van der Waals surface area contributed by atoms with E-state index in [1.54, 1.807) is 13.7 Å². The van der Waals surface area contributed by atoms with Crippen LogP contribution < -0.4 is 33.4 Å². The molecule has 0 saturated heterocycles. The Bertz CT molecular complexity index is 3690. The second kappa shape index (κ2) is 31.0. The van der Waals surface area contributed by atoms with Crippen molar-refractivity contribution in [3.63, 3.8) is 0 Å². The maximum Gasteiger partial charge on any atom is 0.262 e. The molecule has 9 nitrogen and oxygen atoms in total. The summed E-state index contributed by atoms with van der Waals surface area (Å²) in [5, 5.41) is 9.03. The van der Waals surface area contributed by atoms with Gasteiger partial charge in [0.15, 0.2) is 0 Å². The lowest BCUT2D eigenvalue weighted by atomic mass is 9.81. The molecular weight excluding hydrogens is 1050 g/mol. The Balaban J connectivity index is 1.25. The van der Waals surface area contributed by atoms with Gasteiger partial charge in [0, 0.05) is 50.4 Å². The molecule has 0 N–H and O–H groups in total. The van der Waals surface area contributed by atoms with Crippen LogP contribution in [0.4, 0.5) is 0 Å². The number of hydrogen-bond acceptors (Lipinski definition) is 6. The van der Waals surface area contributed by atoms with Gasteiger partial charge in [0.25, 0.3) is 33.4 Å². The first-order valence-corrected chi connectivity index (χ1v) is 35.3. The van der Waals surface area contributed by atoms with Gasteiger partial charge in [-0.15, -0.1) is 0 Å². The molecule has 9 heteroatoms. The molecule has 3 atom stereocenters. The van der Waals surface area contributed by atoms with E-state index in [0.717, 1.165) is 144 Å². The summed E-state index contributed by atoms with van der Waals surface area (Å²) in [6.07, 6.45) is 41.7. The Hall–Kier alpha value is -5.44. The van der Waals surface area contributed by atoms with Gasteiger partial charge in [-0.05, 0) is 106 Å². The first kappa shape index (κ1) is 64.0. The Labute approximate surface area is 506 Å². The van der Waals surface area contributed by atoms with Gasteiger partial charge < -0.3 is 0 Å². The van der Waals surface area contributed by atoms with Crippen LogP contribution in [0.2, 0.25) is 0 Å². The summed E-state index contributed by atoms with van der Waals surface area (Å²) in [5.74, 6) is 0. The fourth-order valence-electron chi connectivity index (χ4n) is 15.5. The van der Waals surface area contributed by atoms with E-state index < -0.39 is 0 Å². The quantitative estimate of drug-likeness (QED) is 0.0214. The molecule has 3 aromatic heterocycles. The monoisotopic (exact) mass is 1160 g/mol. The van der Waals surface area contributed by atoms with E-state index in [4.69, 9.17) is 0 Å². The lowest BCUT2D eigenvalue weighted by Gasteiger charge is -2.24. The molecule has 0 aliphatic rings. The Morgan fingerprint density at radius 3 is 0.741 bits per heavy atom. The van der Waals surface area contributed by atoms with Crippen molar-refractivity contribution in [3.8, 4) is 0 Å². The third-order valence-corrected chi connectivity index (χ3v) is 20.2. The predicted octanol–water partition coefficient (Wildman–Crippen LogP) is 20.6. The second-order valence-corrected chi connectivity index (χ2v) is 26.4. The fourth-order valence-corrected chi connectivity index (χ4v) is 15.5. The Morgan fingerprint density at radius 2 is 0.447 bits per heavy atom. The summed E-state index contributed by atoms with van der Waals surface area (Å²) in [6, 6.07) is 10.6. The van der Waals surface area contributed by atoms with E-state index in [9.17, 15) is 0 Å². The molecule has 9 rings (SSSR count). The van der Waals surface area contributed by atoms with Gasteiger partial charge in [0.2, 0.25) is 0 Å². The minimum atomic E-state index is -0.345. The average Bonchev–Trinajstić information content (AvgIpc) is 1.64. The highest BCUT2D eigenvalue weighted by Gasteiger charge is 2.33. The molecule has 0 aliphatic carbocycles. The second-order valence-electron chi connectivity index (χ2n) is 26.4. The van der Waals surface area contributed by atoms with Gasteiger partial charge in [0.1, 0.15) is 0 Å². The van der Waals surface area contributed by atoms with E-state index in [-0.39, 0.29) is 62.3 Å². The van der Waals surface area contributed by atoms with Crippen LogP contribution in [-0.4, -0.2) is 13.7 Å². The standard InChI is InChI=1S/C76H105N3O6/c1-7-13-19-22-25-28-31-34-37-43-52(40-16-10-4)77-71(80)57-48-46-55-56-47-49-58-64-62(74(83)78(72(58)81)53(41-17-11-5)44-38-35-32-29-26-23-20-14-8-2)51-60-68(66(56)64)67-59(50-61(73(77)82)63(57)65(55)67)69-70(60)76(85)79(75(69)84)54(42-18-12-6)45-39-36-33-30-27-24-21-15-9-3/h46-54H,7-45H2,1-6H3. The molecule has 0 radical (unpaired) electrons. The zero-order valence-electron chi connectivity index (χ0n) is 53.6. The third kappa shape index (κ3) is 13.4. The molecule has 0 spiro atoms. The lowest BCUT2D eigenvalue weighted by molar-refractivity contribution is 0.387. The highest BCUT2D eigenvalue weighted by Crippen LogP contribution is 2.50. The van der Waals surface area contributed by atoms with E-state index in [0.29, 0.717) is 66.7 Å². The number of fused-ring (bicyclic) bond motifs is 4. The van der Waals surface area contributed by atoms with E-state index >= 15 is 28.8 Å². The molecule has 0 aliphatic heterocycles. The highest BCUT2D eigenvalue weighted by molar-refractivity contribution is 6.48. The minimum Gasteiger partial charge on any atom is -0.271 e. The fraction of sp³-hybridized carbons (Fsp3) is 0.632. The van der Waals surface area contributed by atoms with Crippen molar-refractivity contribution in [1.29, 1.82) is 0 Å². The van der Waals surface area contributed by atoms with Crippen molar-refractivity contribution in [2.75, 3.05) is 0 Å². The summed E-state index contributed by atoms with van der Waals surface area (Å²) in [6.45, 7) is 13.2. The topological polar surface area (TPSA) is 117 Å². The van der Waals surface area contributed by atoms with E-state index in [1.165, 1.54) is 116 Å². The van der Waals surface area contributed by atoms with Gasteiger partial charge in [-0.2, -0.15) is 0 Å². The maximum absolute atomic E-state index is 15.9. The molecule has 0 bridgehead atoms. The molecule has 0 saturated carbocycles.